The van der Waals surface area contributed by atoms with Gasteiger partial charge in [-0.2, -0.15) is 5.10 Å². The first-order valence-electron chi connectivity index (χ1n) is 6.50. The Kier molecular flexibility index (Phi) is 4.30. The third-order valence-electron chi connectivity index (χ3n) is 2.87. The van der Waals surface area contributed by atoms with Gasteiger partial charge in [0.25, 0.3) is 5.56 Å². The topological polar surface area (TPSA) is 61.2 Å². The average molecular weight is 272 g/mol. The quantitative estimate of drug-likeness (QED) is 0.782. The molecule has 0 saturated carbocycles. The minimum absolute atomic E-state index is 0.110. The first-order chi connectivity index (χ1) is 9.69. The van der Waals surface area contributed by atoms with Crippen LogP contribution in [0.1, 0.15) is 24.2 Å². The Labute approximate surface area is 116 Å². The minimum Gasteiger partial charge on any atom is -0.494 e. The molecule has 0 radical (unpaired) electrons. The molecule has 5 nitrogen and oxygen atoms in total. The summed E-state index contributed by atoms with van der Waals surface area (Å²) in [5, 5.41) is 4.26. The summed E-state index contributed by atoms with van der Waals surface area (Å²) in [5.41, 5.74) is 1.13. The maximum Gasteiger partial charge on any atom is 0.277 e. The molecule has 0 unspecified atom stereocenters. The lowest BCUT2D eigenvalue weighted by Gasteiger charge is -2.08. The fourth-order valence-corrected chi connectivity index (χ4v) is 1.91. The van der Waals surface area contributed by atoms with Crippen molar-refractivity contribution in [1.29, 1.82) is 0 Å². The lowest BCUT2D eigenvalue weighted by molar-refractivity contribution is 0.112. The fraction of sp³-hybridized carbons (Fsp3) is 0.267. The molecule has 104 valence electrons. The molecule has 0 bridgehead atoms. The van der Waals surface area contributed by atoms with E-state index < -0.39 is 0 Å². The van der Waals surface area contributed by atoms with Crippen molar-refractivity contribution in [3.05, 3.63) is 46.2 Å². The third kappa shape index (κ3) is 2.77. The van der Waals surface area contributed by atoms with Crippen molar-refractivity contribution in [3.8, 4) is 17.0 Å². The summed E-state index contributed by atoms with van der Waals surface area (Å²) in [6.45, 7) is 4.71. The van der Waals surface area contributed by atoms with Crippen molar-refractivity contribution in [2.75, 3.05) is 6.61 Å². The number of ether oxygens (including phenoxy) is 1. The summed E-state index contributed by atoms with van der Waals surface area (Å²) in [4.78, 5) is 22.8. The highest BCUT2D eigenvalue weighted by atomic mass is 16.5. The highest BCUT2D eigenvalue weighted by molar-refractivity contribution is 5.77. The molecular weight excluding hydrogens is 256 g/mol. The lowest BCUT2D eigenvalue weighted by atomic mass is 10.1. The van der Waals surface area contributed by atoms with Crippen LogP contribution in [0.4, 0.5) is 0 Å². The SMILES string of the molecule is CCOc1cccc(-c2cc(C=O)c(=O)n(CC)n2)c1. The highest BCUT2D eigenvalue weighted by Crippen LogP contribution is 2.22. The van der Waals surface area contributed by atoms with Gasteiger partial charge in [0.15, 0.2) is 6.29 Å². The van der Waals surface area contributed by atoms with Crippen LogP contribution in [0, 0.1) is 0 Å². The van der Waals surface area contributed by atoms with Crippen molar-refractivity contribution >= 4 is 6.29 Å². The molecule has 0 saturated heterocycles. The molecule has 0 fully saturated rings. The fourth-order valence-electron chi connectivity index (χ4n) is 1.91. The van der Waals surface area contributed by atoms with Crippen LogP contribution in [0.25, 0.3) is 11.3 Å². The van der Waals surface area contributed by atoms with Crippen molar-refractivity contribution in [1.82, 2.24) is 9.78 Å². The number of aromatic nitrogens is 2. The van der Waals surface area contributed by atoms with Gasteiger partial charge < -0.3 is 4.74 Å². The van der Waals surface area contributed by atoms with Crippen LogP contribution in [-0.4, -0.2) is 22.7 Å². The Hall–Kier alpha value is -2.43. The Morgan fingerprint density at radius 2 is 2.10 bits per heavy atom. The highest BCUT2D eigenvalue weighted by Gasteiger charge is 2.09. The molecule has 0 N–H and O–H groups in total. The van der Waals surface area contributed by atoms with E-state index in [1.54, 1.807) is 0 Å². The number of nitrogens with zero attached hydrogens (tertiary/aromatic N) is 2. The molecule has 1 heterocycles. The van der Waals surface area contributed by atoms with Gasteiger partial charge in [0, 0.05) is 12.1 Å². The molecule has 2 aromatic rings. The maximum absolute atomic E-state index is 11.8. The summed E-state index contributed by atoms with van der Waals surface area (Å²) in [6.07, 6.45) is 0.562. The van der Waals surface area contributed by atoms with Crippen LogP contribution >= 0.6 is 0 Å². The van der Waals surface area contributed by atoms with Crippen LogP contribution in [0.3, 0.4) is 0 Å². The van der Waals surface area contributed by atoms with Gasteiger partial charge in [-0.05, 0) is 32.0 Å². The van der Waals surface area contributed by atoms with E-state index in [0.29, 0.717) is 25.1 Å². The Balaban J connectivity index is 2.54. The van der Waals surface area contributed by atoms with Gasteiger partial charge in [-0.3, -0.25) is 9.59 Å². The third-order valence-corrected chi connectivity index (χ3v) is 2.87. The number of rotatable bonds is 5. The zero-order valence-corrected chi connectivity index (χ0v) is 11.5. The van der Waals surface area contributed by atoms with Gasteiger partial charge in [0.1, 0.15) is 5.75 Å². The molecule has 1 aromatic carbocycles. The number of benzene rings is 1. The predicted molar refractivity (Wildman–Crippen MR) is 76.2 cm³/mol. The van der Waals surface area contributed by atoms with Crippen molar-refractivity contribution in [2.24, 2.45) is 0 Å². The Morgan fingerprint density at radius 1 is 1.30 bits per heavy atom. The number of aryl methyl sites for hydroxylation is 1. The smallest absolute Gasteiger partial charge is 0.277 e. The van der Waals surface area contributed by atoms with Gasteiger partial charge in [0.05, 0.1) is 17.9 Å². The molecule has 20 heavy (non-hydrogen) atoms. The van der Waals surface area contributed by atoms with E-state index in [4.69, 9.17) is 4.74 Å². The van der Waals surface area contributed by atoms with Crippen LogP contribution in [0.2, 0.25) is 0 Å². The molecule has 0 aliphatic carbocycles. The lowest BCUT2D eigenvalue weighted by Crippen LogP contribution is -2.25. The van der Waals surface area contributed by atoms with Gasteiger partial charge in [-0.1, -0.05) is 12.1 Å². The number of hydrogen-bond donors (Lipinski definition) is 0. The van der Waals surface area contributed by atoms with Crippen molar-refractivity contribution in [3.63, 3.8) is 0 Å². The summed E-state index contributed by atoms with van der Waals surface area (Å²) < 4.78 is 6.72. The summed E-state index contributed by atoms with van der Waals surface area (Å²) in [7, 11) is 0. The van der Waals surface area contributed by atoms with Crippen LogP contribution < -0.4 is 10.3 Å². The normalized spacial score (nSPS) is 10.3. The predicted octanol–water partition coefficient (Wildman–Crippen LogP) is 2.14. The van der Waals surface area contributed by atoms with E-state index in [9.17, 15) is 9.59 Å². The minimum atomic E-state index is -0.368. The van der Waals surface area contributed by atoms with Gasteiger partial charge in [0.2, 0.25) is 0 Å². The van der Waals surface area contributed by atoms with Gasteiger partial charge >= 0.3 is 0 Å². The number of carbonyl (C=O) groups excluding carboxylic acids is 1. The average Bonchev–Trinajstić information content (AvgIpc) is 2.48. The van der Waals surface area contributed by atoms with Crippen LogP contribution in [0.15, 0.2) is 35.1 Å². The van der Waals surface area contributed by atoms with E-state index >= 15 is 0 Å². The van der Waals surface area contributed by atoms with Crippen LogP contribution in [-0.2, 0) is 6.54 Å². The molecule has 0 aliphatic rings. The second kappa shape index (κ2) is 6.14. The molecule has 0 amide bonds. The molecule has 0 spiro atoms. The monoisotopic (exact) mass is 272 g/mol. The van der Waals surface area contributed by atoms with E-state index in [-0.39, 0.29) is 11.1 Å². The molecule has 2 rings (SSSR count). The van der Waals surface area contributed by atoms with E-state index in [0.717, 1.165) is 11.3 Å². The van der Waals surface area contributed by atoms with Gasteiger partial charge in [-0.15, -0.1) is 0 Å². The second-order valence-electron chi connectivity index (χ2n) is 4.18. The summed E-state index contributed by atoms with van der Waals surface area (Å²) in [6, 6.07) is 8.91. The standard InChI is InChI=1S/C15H16N2O3/c1-3-17-15(19)12(10-18)9-14(16-17)11-6-5-7-13(8-11)20-4-2/h5-10H,3-4H2,1-2H3. The molecule has 1 aromatic heterocycles. The molecule has 0 atom stereocenters. The summed E-state index contributed by atoms with van der Waals surface area (Å²) in [5.74, 6) is 0.730. The van der Waals surface area contributed by atoms with E-state index in [2.05, 4.69) is 5.10 Å². The number of carbonyl (C=O) groups is 1. The first kappa shape index (κ1) is 14.0. The largest absolute Gasteiger partial charge is 0.494 e. The Morgan fingerprint density at radius 3 is 2.75 bits per heavy atom. The first-order valence-corrected chi connectivity index (χ1v) is 6.50. The summed E-state index contributed by atoms with van der Waals surface area (Å²) >= 11 is 0. The van der Waals surface area contributed by atoms with E-state index in [1.165, 1.54) is 10.7 Å². The molecule has 5 heteroatoms. The molecular formula is C15H16N2O3. The zero-order valence-electron chi connectivity index (χ0n) is 11.5. The molecule has 0 aliphatic heterocycles. The number of aldehydes is 1. The second-order valence-corrected chi connectivity index (χ2v) is 4.18. The van der Waals surface area contributed by atoms with Crippen molar-refractivity contribution < 1.29 is 9.53 Å². The van der Waals surface area contributed by atoms with E-state index in [1.807, 2.05) is 38.1 Å². The zero-order chi connectivity index (χ0) is 14.5. The van der Waals surface area contributed by atoms with Gasteiger partial charge in [-0.25, -0.2) is 4.68 Å². The van der Waals surface area contributed by atoms with Crippen molar-refractivity contribution in [2.45, 2.75) is 20.4 Å². The number of hydrogen-bond acceptors (Lipinski definition) is 4. The van der Waals surface area contributed by atoms with Crippen LogP contribution in [0.5, 0.6) is 5.75 Å². The maximum atomic E-state index is 11.8. The Bertz CT molecular complexity index is 677.